The molecule has 0 aliphatic rings. The molecule has 0 saturated carbocycles. The second-order valence-electron chi connectivity index (χ2n) is 4.72. The van der Waals surface area contributed by atoms with E-state index in [9.17, 15) is 4.79 Å². The molecule has 108 valence electrons. The molecular weight excluding hydrogens is 260 g/mol. The van der Waals surface area contributed by atoms with Crippen molar-refractivity contribution in [2.75, 3.05) is 6.54 Å². The monoisotopic (exact) mass is 284 g/mol. The molecule has 2 atom stereocenters. The Balaban J connectivity index is 0.00000324. The zero-order chi connectivity index (χ0) is 13.4. The first-order chi connectivity index (χ1) is 8.66. The Morgan fingerprint density at radius 2 is 1.89 bits per heavy atom. The van der Waals surface area contributed by atoms with Crippen LogP contribution in [0.1, 0.15) is 44.7 Å². The van der Waals surface area contributed by atoms with Crippen LogP contribution in [0.4, 0.5) is 0 Å². The average Bonchev–Trinajstić information content (AvgIpc) is 2.42. The smallest absolute Gasteiger partial charge is 0.224 e. The van der Waals surface area contributed by atoms with Gasteiger partial charge in [-0.15, -0.1) is 12.4 Å². The molecule has 1 aromatic rings. The molecule has 3 N–H and O–H groups in total. The third-order valence-electron chi connectivity index (χ3n) is 3.22. The summed E-state index contributed by atoms with van der Waals surface area (Å²) in [6.07, 6.45) is 3.35. The summed E-state index contributed by atoms with van der Waals surface area (Å²) in [5.74, 6) is -0.156. The van der Waals surface area contributed by atoms with Crippen molar-refractivity contribution in [3.63, 3.8) is 0 Å². The van der Waals surface area contributed by atoms with Crippen molar-refractivity contribution in [3.05, 3.63) is 35.9 Å². The van der Waals surface area contributed by atoms with Crippen molar-refractivity contribution >= 4 is 18.3 Å². The Morgan fingerprint density at radius 3 is 2.47 bits per heavy atom. The Bertz CT molecular complexity index is 356. The van der Waals surface area contributed by atoms with E-state index in [1.807, 2.05) is 37.3 Å². The molecule has 1 amide bonds. The summed E-state index contributed by atoms with van der Waals surface area (Å²) < 4.78 is 0. The lowest BCUT2D eigenvalue weighted by atomic mass is 9.94. The highest BCUT2D eigenvalue weighted by atomic mass is 35.5. The van der Waals surface area contributed by atoms with Crippen LogP contribution in [0, 0.1) is 5.92 Å². The van der Waals surface area contributed by atoms with Crippen LogP contribution in [0.2, 0.25) is 0 Å². The van der Waals surface area contributed by atoms with Gasteiger partial charge in [0.25, 0.3) is 0 Å². The SMILES string of the molecule is CCCCCNC(=O)C(C)C(N)c1ccccc1.Cl. The number of rotatable bonds is 7. The summed E-state index contributed by atoms with van der Waals surface area (Å²) >= 11 is 0. The largest absolute Gasteiger partial charge is 0.356 e. The number of hydrogen-bond donors (Lipinski definition) is 2. The minimum atomic E-state index is -0.239. The highest BCUT2D eigenvalue weighted by molar-refractivity contribution is 5.85. The van der Waals surface area contributed by atoms with E-state index in [1.54, 1.807) is 0 Å². The van der Waals surface area contributed by atoms with Gasteiger partial charge in [-0.05, 0) is 12.0 Å². The van der Waals surface area contributed by atoms with E-state index >= 15 is 0 Å². The molecule has 0 aliphatic heterocycles. The average molecular weight is 285 g/mol. The summed E-state index contributed by atoms with van der Waals surface area (Å²) in [6, 6.07) is 9.53. The standard InChI is InChI=1S/C15H24N2O.ClH/c1-3-4-8-11-17-15(18)12(2)14(16)13-9-6-5-7-10-13;/h5-7,9-10,12,14H,3-4,8,11,16H2,1-2H3,(H,17,18);1H. The fourth-order valence-electron chi connectivity index (χ4n) is 1.87. The van der Waals surface area contributed by atoms with Gasteiger partial charge in [-0.1, -0.05) is 57.0 Å². The molecular formula is C15H25ClN2O. The Hall–Kier alpha value is -1.06. The zero-order valence-electron chi connectivity index (χ0n) is 11.8. The van der Waals surface area contributed by atoms with Crippen molar-refractivity contribution in [3.8, 4) is 0 Å². The van der Waals surface area contributed by atoms with Gasteiger partial charge in [-0.25, -0.2) is 0 Å². The van der Waals surface area contributed by atoms with Crippen LogP contribution >= 0.6 is 12.4 Å². The maximum Gasteiger partial charge on any atom is 0.224 e. The third-order valence-corrected chi connectivity index (χ3v) is 3.22. The molecule has 1 rings (SSSR count). The number of hydrogen-bond acceptors (Lipinski definition) is 2. The molecule has 2 unspecified atom stereocenters. The maximum absolute atomic E-state index is 11.9. The van der Waals surface area contributed by atoms with Crippen molar-refractivity contribution in [2.24, 2.45) is 11.7 Å². The second-order valence-corrected chi connectivity index (χ2v) is 4.72. The first kappa shape index (κ1) is 17.9. The maximum atomic E-state index is 11.9. The summed E-state index contributed by atoms with van der Waals surface area (Å²) in [4.78, 5) is 11.9. The molecule has 3 nitrogen and oxygen atoms in total. The van der Waals surface area contributed by atoms with Crippen LogP contribution in [0.3, 0.4) is 0 Å². The lowest BCUT2D eigenvalue weighted by Crippen LogP contribution is -2.36. The van der Waals surface area contributed by atoms with Gasteiger partial charge in [0, 0.05) is 12.6 Å². The Labute approximate surface area is 122 Å². The molecule has 4 heteroatoms. The van der Waals surface area contributed by atoms with Crippen molar-refractivity contribution in [1.82, 2.24) is 5.32 Å². The minimum absolute atomic E-state index is 0. The van der Waals surface area contributed by atoms with E-state index in [0.29, 0.717) is 0 Å². The summed E-state index contributed by atoms with van der Waals surface area (Å²) in [5, 5.41) is 2.95. The molecule has 0 radical (unpaired) electrons. The van der Waals surface area contributed by atoms with Gasteiger partial charge >= 0.3 is 0 Å². The number of unbranched alkanes of at least 4 members (excludes halogenated alkanes) is 2. The van der Waals surface area contributed by atoms with Gasteiger partial charge in [0.2, 0.25) is 5.91 Å². The molecule has 0 bridgehead atoms. The summed E-state index contributed by atoms with van der Waals surface area (Å²) in [5.41, 5.74) is 7.12. The Kier molecular flexibility index (Phi) is 9.27. The summed E-state index contributed by atoms with van der Waals surface area (Å²) in [7, 11) is 0. The van der Waals surface area contributed by atoms with Crippen LogP contribution in [0.25, 0.3) is 0 Å². The first-order valence-electron chi connectivity index (χ1n) is 6.75. The molecule has 0 aliphatic carbocycles. The number of halogens is 1. The number of benzene rings is 1. The van der Waals surface area contributed by atoms with Crippen molar-refractivity contribution < 1.29 is 4.79 Å². The van der Waals surface area contributed by atoms with E-state index in [4.69, 9.17) is 5.73 Å². The number of amides is 1. The van der Waals surface area contributed by atoms with Gasteiger partial charge in [0.05, 0.1) is 5.92 Å². The molecule has 0 spiro atoms. The predicted molar refractivity (Wildman–Crippen MR) is 82.3 cm³/mol. The molecule has 19 heavy (non-hydrogen) atoms. The van der Waals surface area contributed by atoms with Gasteiger partial charge < -0.3 is 11.1 Å². The van der Waals surface area contributed by atoms with Gasteiger partial charge in [0.1, 0.15) is 0 Å². The van der Waals surface area contributed by atoms with Crippen LogP contribution in [0.5, 0.6) is 0 Å². The first-order valence-corrected chi connectivity index (χ1v) is 6.75. The topological polar surface area (TPSA) is 55.1 Å². The molecule has 0 fully saturated rings. The Morgan fingerprint density at radius 1 is 1.26 bits per heavy atom. The van der Waals surface area contributed by atoms with Crippen molar-refractivity contribution in [1.29, 1.82) is 0 Å². The molecule has 1 aromatic carbocycles. The van der Waals surface area contributed by atoms with Gasteiger partial charge in [0.15, 0.2) is 0 Å². The fraction of sp³-hybridized carbons (Fsp3) is 0.533. The van der Waals surface area contributed by atoms with Crippen molar-refractivity contribution in [2.45, 2.75) is 39.2 Å². The fourth-order valence-corrected chi connectivity index (χ4v) is 1.87. The van der Waals surface area contributed by atoms with Crippen LogP contribution in [0.15, 0.2) is 30.3 Å². The summed E-state index contributed by atoms with van der Waals surface area (Å²) in [6.45, 7) is 4.78. The minimum Gasteiger partial charge on any atom is -0.356 e. The lowest BCUT2D eigenvalue weighted by molar-refractivity contribution is -0.125. The molecule has 0 saturated heterocycles. The second kappa shape index (κ2) is 9.82. The molecule has 0 aromatic heterocycles. The quantitative estimate of drug-likeness (QED) is 0.756. The van der Waals surface area contributed by atoms with E-state index in [-0.39, 0.29) is 30.3 Å². The van der Waals surface area contributed by atoms with E-state index < -0.39 is 0 Å². The highest BCUT2D eigenvalue weighted by Crippen LogP contribution is 2.18. The number of nitrogens with two attached hydrogens (primary N) is 1. The number of nitrogens with one attached hydrogen (secondary N) is 1. The van der Waals surface area contributed by atoms with Crippen LogP contribution in [-0.2, 0) is 4.79 Å². The van der Waals surface area contributed by atoms with Crippen LogP contribution < -0.4 is 11.1 Å². The zero-order valence-corrected chi connectivity index (χ0v) is 12.6. The number of carbonyl (C=O) groups excluding carboxylic acids is 1. The van der Waals surface area contributed by atoms with Gasteiger partial charge in [-0.2, -0.15) is 0 Å². The number of carbonyl (C=O) groups is 1. The van der Waals surface area contributed by atoms with E-state index in [0.717, 1.165) is 31.4 Å². The van der Waals surface area contributed by atoms with Crippen LogP contribution in [-0.4, -0.2) is 12.5 Å². The molecule has 0 heterocycles. The normalized spacial score (nSPS) is 13.2. The van der Waals surface area contributed by atoms with E-state index in [2.05, 4.69) is 12.2 Å². The predicted octanol–water partition coefficient (Wildman–Crippen LogP) is 3.05. The lowest BCUT2D eigenvalue weighted by Gasteiger charge is -2.19. The third kappa shape index (κ3) is 6.08. The van der Waals surface area contributed by atoms with E-state index in [1.165, 1.54) is 0 Å². The highest BCUT2D eigenvalue weighted by Gasteiger charge is 2.21. The van der Waals surface area contributed by atoms with Gasteiger partial charge in [-0.3, -0.25) is 4.79 Å².